The van der Waals surface area contributed by atoms with Crippen LogP contribution in [-0.4, -0.2) is 40.0 Å². The van der Waals surface area contributed by atoms with Gasteiger partial charge in [0.15, 0.2) is 5.11 Å². The molecule has 184 valence electrons. The number of thiocarbonyl (C=S) groups is 1. The number of aryl methyl sites for hydroxylation is 1. The number of halogens is 1. The average molecular weight is 520 g/mol. The van der Waals surface area contributed by atoms with Crippen molar-refractivity contribution in [3.8, 4) is 11.4 Å². The van der Waals surface area contributed by atoms with Crippen molar-refractivity contribution in [3.05, 3.63) is 101 Å². The normalized spacial score (nSPS) is 17.3. The smallest absolute Gasteiger partial charge is 0.174 e. The molecule has 0 saturated carbocycles. The molecule has 1 aliphatic rings. The first-order valence-electron chi connectivity index (χ1n) is 11.6. The van der Waals surface area contributed by atoms with Gasteiger partial charge in [-0.25, -0.2) is 0 Å². The Morgan fingerprint density at radius 1 is 1.03 bits per heavy atom. The lowest BCUT2D eigenvalue weighted by molar-refractivity contribution is 0.146. The summed E-state index contributed by atoms with van der Waals surface area (Å²) in [5.41, 5.74) is 4.88. The summed E-state index contributed by atoms with van der Waals surface area (Å²) in [6.45, 7) is 2.98. The van der Waals surface area contributed by atoms with E-state index in [0.29, 0.717) is 29.1 Å². The number of rotatable bonds is 8. The Kier molecular flexibility index (Phi) is 7.18. The molecule has 0 aliphatic carbocycles. The highest BCUT2D eigenvalue weighted by Gasteiger charge is 2.42. The number of pyridine rings is 2. The third-order valence-corrected chi connectivity index (χ3v) is 6.76. The Morgan fingerprint density at radius 3 is 2.64 bits per heavy atom. The second kappa shape index (κ2) is 10.7. The van der Waals surface area contributed by atoms with Crippen LogP contribution in [-0.2, 0) is 4.74 Å². The van der Waals surface area contributed by atoms with Gasteiger partial charge in [-0.15, -0.1) is 0 Å². The molecule has 9 heteroatoms. The van der Waals surface area contributed by atoms with Crippen LogP contribution in [0.1, 0.15) is 29.2 Å². The van der Waals surface area contributed by atoms with E-state index in [-0.39, 0.29) is 12.1 Å². The molecule has 7 nitrogen and oxygen atoms in total. The Balaban J connectivity index is 1.61. The molecule has 5 rings (SSSR count). The molecule has 1 aromatic carbocycles. The number of methoxy groups -OCH3 is 1. The van der Waals surface area contributed by atoms with E-state index >= 15 is 0 Å². The van der Waals surface area contributed by atoms with Gasteiger partial charge >= 0.3 is 0 Å². The van der Waals surface area contributed by atoms with Gasteiger partial charge < -0.3 is 24.3 Å². The van der Waals surface area contributed by atoms with Crippen molar-refractivity contribution in [3.63, 3.8) is 0 Å². The third kappa shape index (κ3) is 4.67. The Bertz CT molecular complexity index is 1350. The number of benzene rings is 1. The standard InChI is InChI=1S/C27H26ClN5O2S/c1-18-8-10-23(32(18)20-6-5-12-29-17-20)26-25(22-7-3-4-13-30-22)31-27(36)33(26)19-9-11-24(21(28)16-19)35-15-14-34-2/h3-13,16-17,25-26H,14-15H2,1-2H3,(H,31,36)/t25-,26-/m1/s1. The summed E-state index contributed by atoms with van der Waals surface area (Å²) < 4.78 is 13.0. The molecule has 0 amide bonds. The first-order valence-corrected chi connectivity index (χ1v) is 12.4. The number of hydrogen-bond donors (Lipinski definition) is 1. The van der Waals surface area contributed by atoms with Gasteiger partial charge in [0.2, 0.25) is 0 Å². The van der Waals surface area contributed by atoms with E-state index in [1.165, 1.54) is 0 Å². The first kappa shape index (κ1) is 24.2. The van der Waals surface area contributed by atoms with E-state index in [9.17, 15) is 0 Å². The van der Waals surface area contributed by atoms with E-state index in [1.54, 1.807) is 19.5 Å². The second-order valence-electron chi connectivity index (χ2n) is 8.40. The van der Waals surface area contributed by atoms with E-state index in [4.69, 9.17) is 33.3 Å². The van der Waals surface area contributed by atoms with Gasteiger partial charge in [0.05, 0.1) is 35.2 Å². The van der Waals surface area contributed by atoms with Crippen molar-refractivity contribution >= 4 is 34.6 Å². The molecule has 4 aromatic rings. The summed E-state index contributed by atoms with van der Waals surface area (Å²) in [5.74, 6) is 0.600. The molecule has 3 aromatic heterocycles. The fourth-order valence-corrected chi connectivity index (χ4v) is 5.13. The van der Waals surface area contributed by atoms with E-state index in [1.807, 2.05) is 54.7 Å². The highest BCUT2D eigenvalue weighted by atomic mass is 35.5. The zero-order chi connectivity index (χ0) is 25.1. The van der Waals surface area contributed by atoms with E-state index < -0.39 is 0 Å². The van der Waals surface area contributed by atoms with Gasteiger partial charge in [0.25, 0.3) is 0 Å². The maximum atomic E-state index is 6.63. The van der Waals surface area contributed by atoms with Crippen LogP contribution < -0.4 is 15.0 Å². The molecule has 2 atom stereocenters. The molecule has 4 heterocycles. The number of ether oxygens (including phenoxy) is 2. The molecular formula is C27H26ClN5O2S. The van der Waals surface area contributed by atoms with Crippen molar-refractivity contribution in [2.75, 3.05) is 25.2 Å². The predicted octanol–water partition coefficient (Wildman–Crippen LogP) is 5.43. The van der Waals surface area contributed by atoms with Gasteiger partial charge in [0, 0.05) is 36.6 Å². The Hall–Kier alpha value is -3.46. The largest absolute Gasteiger partial charge is 0.490 e. The number of hydrogen-bond acceptors (Lipinski definition) is 5. The highest BCUT2D eigenvalue weighted by Crippen LogP contribution is 2.44. The van der Waals surface area contributed by atoms with Crippen LogP contribution in [0.3, 0.4) is 0 Å². The fourth-order valence-electron chi connectivity index (χ4n) is 4.55. The fraction of sp³-hybridized carbons (Fsp3) is 0.222. The third-order valence-electron chi connectivity index (χ3n) is 6.15. The van der Waals surface area contributed by atoms with Crippen molar-refractivity contribution < 1.29 is 9.47 Å². The molecule has 0 unspecified atom stereocenters. The summed E-state index contributed by atoms with van der Waals surface area (Å²) in [4.78, 5) is 11.1. The SMILES string of the molecule is COCCOc1ccc(N2C(=S)N[C@H](c3ccccn3)[C@H]2c2ccc(C)n2-c2cccnc2)cc1Cl. The van der Waals surface area contributed by atoms with Crippen molar-refractivity contribution in [1.82, 2.24) is 19.9 Å². The number of nitrogens with one attached hydrogen (secondary N) is 1. The molecule has 36 heavy (non-hydrogen) atoms. The van der Waals surface area contributed by atoms with E-state index in [2.05, 4.69) is 43.8 Å². The summed E-state index contributed by atoms with van der Waals surface area (Å²) >= 11 is 12.5. The van der Waals surface area contributed by atoms with Crippen LogP contribution in [0.5, 0.6) is 5.75 Å². The molecule has 0 spiro atoms. The average Bonchev–Trinajstić information content (AvgIpc) is 3.45. The van der Waals surface area contributed by atoms with E-state index in [0.717, 1.165) is 28.5 Å². The zero-order valence-corrected chi connectivity index (χ0v) is 21.5. The molecule has 1 N–H and O–H groups in total. The Labute approximate surface area is 220 Å². The molecule has 1 fully saturated rings. The highest BCUT2D eigenvalue weighted by molar-refractivity contribution is 7.80. The molecule has 1 aliphatic heterocycles. The molecule has 1 saturated heterocycles. The van der Waals surface area contributed by atoms with Crippen LogP contribution in [0, 0.1) is 6.92 Å². The summed E-state index contributed by atoms with van der Waals surface area (Å²) in [6.07, 6.45) is 5.43. The second-order valence-corrected chi connectivity index (χ2v) is 9.19. The number of nitrogens with zero attached hydrogens (tertiary/aromatic N) is 4. The maximum absolute atomic E-state index is 6.63. The lowest BCUT2D eigenvalue weighted by atomic mass is 10.0. The molecule has 0 radical (unpaired) electrons. The predicted molar refractivity (Wildman–Crippen MR) is 145 cm³/mol. The molecule has 0 bridgehead atoms. The lowest BCUT2D eigenvalue weighted by Crippen LogP contribution is -2.30. The van der Waals surface area contributed by atoms with Crippen LogP contribution in [0.25, 0.3) is 5.69 Å². The molecular weight excluding hydrogens is 494 g/mol. The van der Waals surface area contributed by atoms with Crippen molar-refractivity contribution in [2.45, 2.75) is 19.0 Å². The summed E-state index contributed by atoms with van der Waals surface area (Å²) in [7, 11) is 1.64. The van der Waals surface area contributed by atoms with Gasteiger partial charge in [-0.1, -0.05) is 17.7 Å². The first-order chi connectivity index (χ1) is 17.6. The zero-order valence-electron chi connectivity index (χ0n) is 20.0. The summed E-state index contributed by atoms with van der Waals surface area (Å²) in [6, 6.07) is 19.5. The number of aromatic nitrogens is 3. The van der Waals surface area contributed by atoms with Gasteiger partial charge in [-0.3, -0.25) is 9.97 Å². The van der Waals surface area contributed by atoms with Crippen molar-refractivity contribution in [2.24, 2.45) is 0 Å². The van der Waals surface area contributed by atoms with Gasteiger partial charge in [-0.2, -0.15) is 0 Å². The van der Waals surface area contributed by atoms with Crippen LogP contribution in [0.4, 0.5) is 5.69 Å². The minimum Gasteiger partial charge on any atom is -0.490 e. The van der Waals surface area contributed by atoms with Crippen LogP contribution in [0.2, 0.25) is 5.02 Å². The number of anilines is 1. The summed E-state index contributed by atoms with van der Waals surface area (Å²) in [5, 5.41) is 4.60. The van der Waals surface area contributed by atoms with Gasteiger partial charge in [0.1, 0.15) is 18.4 Å². The topological polar surface area (TPSA) is 64.4 Å². The van der Waals surface area contributed by atoms with Gasteiger partial charge in [-0.05, 0) is 73.7 Å². The quantitative estimate of drug-likeness (QED) is 0.246. The van der Waals surface area contributed by atoms with Crippen LogP contribution in [0.15, 0.2) is 79.3 Å². The minimum atomic E-state index is -0.197. The van der Waals surface area contributed by atoms with Crippen LogP contribution >= 0.6 is 23.8 Å². The lowest BCUT2D eigenvalue weighted by Gasteiger charge is -2.29. The Morgan fingerprint density at radius 2 is 1.92 bits per heavy atom. The van der Waals surface area contributed by atoms with Crippen molar-refractivity contribution in [1.29, 1.82) is 0 Å². The minimum absolute atomic E-state index is 0.181. The monoisotopic (exact) mass is 519 g/mol. The maximum Gasteiger partial charge on any atom is 0.174 e.